The fourth-order valence-corrected chi connectivity index (χ4v) is 3.43. The number of carbonyl (C=O) groups excluding carboxylic acids is 2. The number of rotatable bonds is 8. The molecule has 0 aliphatic carbocycles. The maximum absolute atomic E-state index is 12.9. The number of phenols is 1. The van der Waals surface area contributed by atoms with Crippen molar-refractivity contribution in [2.75, 3.05) is 0 Å². The molecular formula is C26H27NO5. The Morgan fingerprint density at radius 1 is 0.844 bits per heavy atom. The molecule has 1 atom stereocenters. The van der Waals surface area contributed by atoms with E-state index in [2.05, 4.69) is 5.32 Å². The van der Waals surface area contributed by atoms with Gasteiger partial charge in [0.25, 0.3) is 0 Å². The maximum Gasteiger partial charge on any atom is 0.408 e. The quantitative estimate of drug-likeness (QED) is 0.508. The molecule has 3 aromatic carbocycles. The Bertz CT molecular complexity index is 1030. The number of phenolic OH excluding ortho intramolecular Hbond substituents is 1. The van der Waals surface area contributed by atoms with Crippen LogP contribution in [0.2, 0.25) is 0 Å². The highest BCUT2D eigenvalue weighted by Gasteiger charge is 2.25. The summed E-state index contributed by atoms with van der Waals surface area (Å²) in [4.78, 5) is 25.3. The van der Waals surface area contributed by atoms with Crippen LogP contribution < -0.4 is 5.32 Å². The SMILES string of the molecule is Cc1cc(O)cc(C)c1CC(NC(=O)OCc1ccccc1)C(=O)OCc1ccccc1. The first-order chi connectivity index (χ1) is 15.4. The van der Waals surface area contributed by atoms with Gasteiger partial charge >= 0.3 is 12.1 Å². The van der Waals surface area contributed by atoms with E-state index >= 15 is 0 Å². The fraction of sp³-hybridized carbons (Fsp3) is 0.231. The minimum absolute atomic E-state index is 0.0930. The molecular weight excluding hydrogens is 406 g/mol. The van der Waals surface area contributed by atoms with E-state index in [1.807, 2.05) is 74.5 Å². The van der Waals surface area contributed by atoms with Crippen LogP contribution in [0.1, 0.15) is 27.8 Å². The molecule has 0 heterocycles. The maximum atomic E-state index is 12.9. The van der Waals surface area contributed by atoms with Crippen LogP contribution in [0.15, 0.2) is 72.8 Å². The van der Waals surface area contributed by atoms with E-state index in [9.17, 15) is 14.7 Å². The van der Waals surface area contributed by atoms with Crippen LogP contribution >= 0.6 is 0 Å². The highest BCUT2D eigenvalue weighted by molar-refractivity contribution is 5.81. The van der Waals surface area contributed by atoms with Gasteiger partial charge in [-0.1, -0.05) is 60.7 Å². The second-order valence-electron chi connectivity index (χ2n) is 7.61. The Balaban J connectivity index is 1.70. The van der Waals surface area contributed by atoms with Crippen molar-refractivity contribution in [1.82, 2.24) is 5.32 Å². The molecule has 166 valence electrons. The molecule has 1 unspecified atom stereocenters. The second-order valence-corrected chi connectivity index (χ2v) is 7.61. The van der Waals surface area contributed by atoms with E-state index in [1.165, 1.54) is 0 Å². The fourth-order valence-electron chi connectivity index (χ4n) is 3.43. The highest BCUT2D eigenvalue weighted by Crippen LogP contribution is 2.22. The Morgan fingerprint density at radius 3 is 1.88 bits per heavy atom. The number of hydrogen-bond donors (Lipinski definition) is 2. The highest BCUT2D eigenvalue weighted by atomic mass is 16.6. The van der Waals surface area contributed by atoms with Gasteiger partial charge in [-0.2, -0.15) is 0 Å². The van der Waals surface area contributed by atoms with Gasteiger partial charge in [0.2, 0.25) is 0 Å². The average molecular weight is 434 g/mol. The van der Waals surface area contributed by atoms with Gasteiger partial charge in [-0.15, -0.1) is 0 Å². The Morgan fingerprint density at radius 2 is 1.34 bits per heavy atom. The molecule has 0 saturated carbocycles. The third kappa shape index (κ3) is 6.60. The number of alkyl carbamates (subject to hydrolysis) is 1. The monoisotopic (exact) mass is 433 g/mol. The summed E-state index contributed by atoms with van der Waals surface area (Å²) in [6.45, 7) is 3.89. The smallest absolute Gasteiger partial charge is 0.408 e. The second kappa shape index (κ2) is 11.0. The van der Waals surface area contributed by atoms with Crippen LogP contribution in [0.3, 0.4) is 0 Å². The topological polar surface area (TPSA) is 84.9 Å². The summed E-state index contributed by atoms with van der Waals surface area (Å²) in [6.07, 6.45) is -0.490. The van der Waals surface area contributed by atoms with E-state index in [0.717, 1.165) is 27.8 Å². The number of nitrogens with one attached hydrogen (secondary N) is 1. The van der Waals surface area contributed by atoms with Gasteiger partial charge in [0.05, 0.1) is 0 Å². The van der Waals surface area contributed by atoms with Gasteiger partial charge in [-0.25, -0.2) is 9.59 Å². The molecule has 32 heavy (non-hydrogen) atoms. The summed E-state index contributed by atoms with van der Waals surface area (Å²) in [7, 11) is 0. The number of hydrogen-bond acceptors (Lipinski definition) is 5. The third-order valence-corrected chi connectivity index (χ3v) is 5.10. The first-order valence-corrected chi connectivity index (χ1v) is 10.4. The van der Waals surface area contributed by atoms with Gasteiger partial charge in [-0.05, 0) is 53.8 Å². The predicted octanol–water partition coefficient (Wildman–Crippen LogP) is 4.59. The first kappa shape index (κ1) is 22.9. The Hall–Kier alpha value is -3.80. The van der Waals surface area contributed by atoms with Crippen molar-refractivity contribution in [1.29, 1.82) is 0 Å². The van der Waals surface area contributed by atoms with E-state index < -0.39 is 18.1 Å². The zero-order chi connectivity index (χ0) is 22.9. The summed E-state index contributed by atoms with van der Waals surface area (Å²) in [6, 6.07) is 20.9. The molecule has 0 aliphatic rings. The molecule has 0 radical (unpaired) electrons. The number of aromatic hydroxyl groups is 1. The minimum atomic E-state index is -0.941. The molecule has 1 amide bonds. The minimum Gasteiger partial charge on any atom is -0.508 e. The van der Waals surface area contributed by atoms with Gasteiger partial charge in [0, 0.05) is 6.42 Å². The number of aryl methyl sites for hydroxylation is 2. The zero-order valence-electron chi connectivity index (χ0n) is 18.2. The Labute approximate surface area is 187 Å². The molecule has 0 fully saturated rings. The summed E-state index contributed by atoms with van der Waals surface area (Å²) in [5.74, 6) is -0.403. The van der Waals surface area contributed by atoms with E-state index in [4.69, 9.17) is 9.47 Å². The third-order valence-electron chi connectivity index (χ3n) is 5.10. The number of esters is 1. The van der Waals surface area contributed by atoms with Crippen molar-refractivity contribution in [3.8, 4) is 5.75 Å². The molecule has 2 N–H and O–H groups in total. The lowest BCUT2D eigenvalue weighted by Crippen LogP contribution is -2.43. The summed E-state index contributed by atoms with van der Waals surface area (Å²) in [5, 5.41) is 12.5. The lowest BCUT2D eigenvalue weighted by Gasteiger charge is -2.20. The lowest BCUT2D eigenvalue weighted by atomic mass is 9.96. The van der Waals surface area contributed by atoms with E-state index in [-0.39, 0.29) is 25.4 Å². The summed E-state index contributed by atoms with van der Waals surface area (Å²) < 4.78 is 10.8. The van der Waals surface area contributed by atoms with Crippen LogP contribution in [0.4, 0.5) is 4.79 Å². The van der Waals surface area contributed by atoms with Gasteiger partial charge < -0.3 is 19.9 Å². The number of ether oxygens (including phenoxy) is 2. The molecule has 0 aliphatic heterocycles. The predicted molar refractivity (Wildman–Crippen MR) is 121 cm³/mol. The molecule has 0 aromatic heterocycles. The van der Waals surface area contributed by atoms with Crippen molar-refractivity contribution in [2.45, 2.75) is 39.5 Å². The normalized spacial score (nSPS) is 11.4. The van der Waals surface area contributed by atoms with Gasteiger partial charge in [0.1, 0.15) is 25.0 Å². The van der Waals surface area contributed by atoms with E-state index in [0.29, 0.717) is 0 Å². The molecule has 6 nitrogen and oxygen atoms in total. The molecule has 3 aromatic rings. The summed E-state index contributed by atoms with van der Waals surface area (Å²) in [5.41, 5.74) is 4.19. The lowest BCUT2D eigenvalue weighted by molar-refractivity contribution is -0.147. The van der Waals surface area contributed by atoms with Crippen LogP contribution in [0, 0.1) is 13.8 Å². The molecule has 3 rings (SSSR count). The van der Waals surface area contributed by atoms with Crippen molar-refractivity contribution < 1.29 is 24.2 Å². The van der Waals surface area contributed by atoms with Gasteiger partial charge in [0.15, 0.2) is 0 Å². The number of carbonyl (C=O) groups is 2. The largest absolute Gasteiger partial charge is 0.508 e. The molecule has 0 spiro atoms. The van der Waals surface area contributed by atoms with Crippen LogP contribution in [-0.2, 0) is 33.9 Å². The van der Waals surface area contributed by atoms with Crippen molar-refractivity contribution >= 4 is 12.1 Å². The van der Waals surface area contributed by atoms with Crippen LogP contribution in [0.25, 0.3) is 0 Å². The standard InChI is InChI=1S/C26H27NO5/c1-18-13-22(28)14-19(2)23(18)15-24(25(29)31-16-20-9-5-3-6-10-20)27-26(30)32-17-21-11-7-4-8-12-21/h3-14,24,28H,15-17H2,1-2H3,(H,27,30). The number of amides is 1. The molecule has 6 heteroatoms. The number of benzene rings is 3. The van der Waals surface area contributed by atoms with Crippen LogP contribution in [-0.4, -0.2) is 23.2 Å². The van der Waals surface area contributed by atoms with Crippen molar-refractivity contribution in [3.05, 3.63) is 101 Å². The van der Waals surface area contributed by atoms with Crippen molar-refractivity contribution in [3.63, 3.8) is 0 Å². The summed E-state index contributed by atoms with van der Waals surface area (Å²) >= 11 is 0. The van der Waals surface area contributed by atoms with E-state index in [1.54, 1.807) is 12.1 Å². The average Bonchev–Trinajstić information content (AvgIpc) is 2.79. The molecule has 0 bridgehead atoms. The Kier molecular flexibility index (Phi) is 7.86. The van der Waals surface area contributed by atoms with Crippen molar-refractivity contribution in [2.24, 2.45) is 0 Å². The molecule has 0 saturated heterocycles. The first-order valence-electron chi connectivity index (χ1n) is 10.4. The van der Waals surface area contributed by atoms with Crippen LogP contribution in [0.5, 0.6) is 5.75 Å². The zero-order valence-corrected chi connectivity index (χ0v) is 18.2. The van der Waals surface area contributed by atoms with Gasteiger partial charge in [-0.3, -0.25) is 0 Å².